The molecule has 0 spiro atoms. The molecule has 21 heavy (non-hydrogen) atoms. The van der Waals surface area contributed by atoms with E-state index in [2.05, 4.69) is 34.8 Å². The summed E-state index contributed by atoms with van der Waals surface area (Å²) < 4.78 is 0. The average molecular weight is 290 g/mol. The Balaban J connectivity index is 2.77. The molecular formula is C16H26N4O. The second-order valence-corrected chi connectivity index (χ2v) is 4.93. The highest BCUT2D eigenvalue weighted by atomic mass is 16.1. The zero-order valence-electron chi connectivity index (χ0n) is 13.4. The van der Waals surface area contributed by atoms with Crippen molar-refractivity contribution in [3.8, 4) is 0 Å². The summed E-state index contributed by atoms with van der Waals surface area (Å²) in [7, 11) is 1.63. The normalized spacial score (nSPS) is 12.7. The van der Waals surface area contributed by atoms with Crippen LogP contribution in [0.15, 0.2) is 29.3 Å². The molecule has 3 N–H and O–H groups in total. The lowest BCUT2D eigenvalue weighted by Crippen LogP contribution is -2.41. The molecule has 0 radical (unpaired) electrons. The van der Waals surface area contributed by atoms with E-state index in [4.69, 9.17) is 0 Å². The van der Waals surface area contributed by atoms with Crippen LogP contribution >= 0.6 is 0 Å². The zero-order valence-corrected chi connectivity index (χ0v) is 13.4. The van der Waals surface area contributed by atoms with Crippen molar-refractivity contribution in [1.82, 2.24) is 16.0 Å². The first-order valence-electron chi connectivity index (χ1n) is 7.46. The van der Waals surface area contributed by atoms with Gasteiger partial charge in [-0.05, 0) is 38.0 Å². The van der Waals surface area contributed by atoms with Gasteiger partial charge in [0, 0.05) is 25.2 Å². The predicted molar refractivity (Wildman–Crippen MR) is 87.5 cm³/mol. The molecule has 1 aromatic carbocycles. The van der Waals surface area contributed by atoms with Crippen LogP contribution in [0.3, 0.4) is 0 Å². The number of carbonyl (C=O) groups excluding carboxylic acids is 1. The van der Waals surface area contributed by atoms with Gasteiger partial charge < -0.3 is 16.0 Å². The number of amides is 1. The second-order valence-electron chi connectivity index (χ2n) is 4.93. The summed E-state index contributed by atoms with van der Waals surface area (Å²) in [5.41, 5.74) is 1.67. The van der Waals surface area contributed by atoms with Gasteiger partial charge in [0.15, 0.2) is 5.96 Å². The van der Waals surface area contributed by atoms with Crippen LogP contribution in [0.4, 0.5) is 0 Å². The van der Waals surface area contributed by atoms with E-state index in [1.54, 1.807) is 13.1 Å². The molecule has 0 aromatic heterocycles. The van der Waals surface area contributed by atoms with Crippen LogP contribution in [0, 0.1) is 0 Å². The minimum Gasteiger partial charge on any atom is -0.357 e. The minimum absolute atomic E-state index is 0.0783. The van der Waals surface area contributed by atoms with Crippen LogP contribution in [0.2, 0.25) is 0 Å². The molecule has 1 amide bonds. The van der Waals surface area contributed by atoms with E-state index in [0.717, 1.165) is 24.5 Å². The number of nitrogens with one attached hydrogen (secondary N) is 3. The van der Waals surface area contributed by atoms with Gasteiger partial charge in [-0.1, -0.05) is 19.1 Å². The number of benzene rings is 1. The molecule has 1 rings (SSSR count). The van der Waals surface area contributed by atoms with Gasteiger partial charge in [-0.15, -0.1) is 0 Å². The van der Waals surface area contributed by atoms with Gasteiger partial charge in [0.1, 0.15) is 0 Å². The van der Waals surface area contributed by atoms with E-state index in [1.165, 1.54) is 0 Å². The summed E-state index contributed by atoms with van der Waals surface area (Å²) in [5.74, 6) is 0.725. The lowest BCUT2D eigenvalue weighted by Gasteiger charge is -2.16. The third-order valence-electron chi connectivity index (χ3n) is 3.18. The zero-order chi connectivity index (χ0) is 15.7. The van der Waals surface area contributed by atoms with Gasteiger partial charge in [-0.3, -0.25) is 4.79 Å². The van der Waals surface area contributed by atoms with Crippen molar-refractivity contribution < 1.29 is 4.79 Å². The van der Waals surface area contributed by atoms with E-state index < -0.39 is 0 Å². The number of rotatable bonds is 6. The first kappa shape index (κ1) is 17.0. The monoisotopic (exact) mass is 290 g/mol. The molecule has 0 heterocycles. The van der Waals surface area contributed by atoms with Gasteiger partial charge >= 0.3 is 0 Å². The first-order valence-corrected chi connectivity index (χ1v) is 7.46. The molecule has 5 nitrogen and oxygen atoms in total. The maximum absolute atomic E-state index is 11.6. The minimum atomic E-state index is -0.0783. The number of guanidine groups is 1. The summed E-state index contributed by atoms with van der Waals surface area (Å²) >= 11 is 0. The van der Waals surface area contributed by atoms with Crippen molar-refractivity contribution in [2.45, 2.75) is 39.8 Å². The molecule has 5 heteroatoms. The summed E-state index contributed by atoms with van der Waals surface area (Å²) in [6.45, 7) is 7.66. The number of hydrogen-bond donors (Lipinski definition) is 3. The molecule has 0 bridgehead atoms. The third-order valence-corrected chi connectivity index (χ3v) is 3.18. The molecule has 0 saturated carbocycles. The second kappa shape index (κ2) is 9.00. The van der Waals surface area contributed by atoms with E-state index >= 15 is 0 Å². The third kappa shape index (κ3) is 5.85. The highest BCUT2D eigenvalue weighted by Crippen LogP contribution is 2.06. The maximum Gasteiger partial charge on any atom is 0.251 e. The van der Waals surface area contributed by atoms with Crippen LogP contribution in [-0.4, -0.2) is 31.5 Å². The Kier molecular flexibility index (Phi) is 7.29. The number of hydrogen-bond acceptors (Lipinski definition) is 2. The lowest BCUT2D eigenvalue weighted by molar-refractivity contribution is 0.0963. The number of carbonyl (C=O) groups is 1. The molecule has 1 aromatic rings. The summed E-state index contributed by atoms with van der Waals surface area (Å²) in [5, 5.41) is 9.20. The Morgan fingerprint density at radius 2 is 2.10 bits per heavy atom. The van der Waals surface area contributed by atoms with Crippen LogP contribution < -0.4 is 16.0 Å². The van der Waals surface area contributed by atoms with E-state index in [0.29, 0.717) is 18.2 Å². The Labute approximate surface area is 127 Å². The molecule has 1 unspecified atom stereocenters. The Hall–Kier alpha value is -2.04. The highest BCUT2D eigenvalue weighted by Gasteiger charge is 2.05. The van der Waals surface area contributed by atoms with Crippen molar-refractivity contribution >= 4 is 11.9 Å². The van der Waals surface area contributed by atoms with E-state index in [-0.39, 0.29) is 5.91 Å². The topological polar surface area (TPSA) is 65.5 Å². The van der Waals surface area contributed by atoms with Crippen molar-refractivity contribution in [2.75, 3.05) is 13.6 Å². The highest BCUT2D eigenvalue weighted by molar-refractivity contribution is 5.94. The molecule has 0 aliphatic heterocycles. The Morgan fingerprint density at radius 1 is 1.33 bits per heavy atom. The molecular weight excluding hydrogens is 264 g/mol. The molecule has 0 aliphatic rings. The predicted octanol–water partition coefficient (Wildman–Crippen LogP) is 1.90. The molecule has 1 atom stereocenters. The Bertz CT molecular complexity index is 485. The lowest BCUT2D eigenvalue weighted by atomic mass is 10.1. The summed E-state index contributed by atoms with van der Waals surface area (Å²) in [6.07, 6.45) is 1.04. The van der Waals surface area contributed by atoms with Crippen molar-refractivity contribution in [2.24, 2.45) is 4.99 Å². The maximum atomic E-state index is 11.6. The molecule has 0 fully saturated rings. The molecule has 116 valence electrons. The smallest absolute Gasteiger partial charge is 0.251 e. The van der Waals surface area contributed by atoms with Crippen LogP contribution in [0.1, 0.15) is 43.1 Å². The largest absolute Gasteiger partial charge is 0.357 e. The average Bonchev–Trinajstić information content (AvgIpc) is 2.52. The number of aliphatic imine (C=N–C) groups is 1. The van der Waals surface area contributed by atoms with Crippen molar-refractivity contribution in [3.63, 3.8) is 0 Å². The summed E-state index contributed by atoms with van der Waals surface area (Å²) in [6, 6.07) is 7.90. The van der Waals surface area contributed by atoms with Gasteiger partial charge in [0.25, 0.3) is 5.91 Å². The molecule has 0 saturated heterocycles. The quantitative estimate of drug-likeness (QED) is 0.554. The van der Waals surface area contributed by atoms with Crippen molar-refractivity contribution in [1.29, 1.82) is 0 Å². The summed E-state index contributed by atoms with van der Waals surface area (Å²) in [4.78, 5) is 16.2. The van der Waals surface area contributed by atoms with Gasteiger partial charge in [-0.25, -0.2) is 4.99 Å². The SMILES string of the molecule is CCNC(=NCc1cccc(C(=O)NC)c1)NC(C)CC. The van der Waals surface area contributed by atoms with Gasteiger partial charge in [-0.2, -0.15) is 0 Å². The fraction of sp³-hybridized carbons (Fsp3) is 0.500. The van der Waals surface area contributed by atoms with E-state index in [9.17, 15) is 4.79 Å². The fourth-order valence-electron chi connectivity index (χ4n) is 1.78. The van der Waals surface area contributed by atoms with Crippen LogP contribution in [-0.2, 0) is 6.54 Å². The Morgan fingerprint density at radius 3 is 2.71 bits per heavy atom. The van der Waals surface area contributed by atoms with Crippen LogP contribution in [0.25, 0.3) is 0 Å². The number of nitrogens with zero attached hydrogens (tertiary/aromatic N) is 1. The standard InChI is InChI=1S/C16H26N4O/c1-5-12(3)20-16(18-6-2)19-11-13-8-7-9-14(10-13)15(21)17-4/h7-10,12H,5-6,11H2,1-4H3,(H,17,21)(H2,18,19,20). The van der Waals surface area contributed by atoms with Gasteiger partial charge in [0.05, 0.1) is 6.54 Å². The van der Waals surface area contributed by atoms with Crippen molar-refractivity contribution in [3.05, 3.63) is 35.4 Å². The van der Waals surface area contributed by atoms with Crippen LogP contribution in [0.5, 0.6) is 0 Å². The van der Waals surface area contributed by atoms with Gasteiger partial charge in [0.2, 0.25) is 0 Å². The molecule has 0 aliphatic carbocycles. The fourth-order valence-corrected chi connectivity index (χ4v) is 1.78. The van der Waals surface area contributed by atoms with E-state index in [1.807, 2.05) is 25.1 Å². The first-order chi connectivity index (χ1) is 10.1.